The van der Waals surface area contributed by atoms with E-state index in [9.17, 15) is 4.79 Å². The summed E-state index contributed by atoms with van der Waals surface area (Å²) < 4.78 is 5.15. The van der Waals surface area contributed by atoms with Gasteiger partial charge in [0.2, 0.25) is 5.91 Å². The fraction of sp³-hybridized carbons (Fsp3) is 0.273. The molecule has 0 spiro atoms. The summed E-state index contributed by atoms with van der Waals surface area (Å²) in [4.78, 5) is 10.8. The lowest BCUT2D eigenvalue weighted by Gasteiger charge is -1.98. The van der Waals surface area contributed by atoms with Gasteiger partial charge in [-0.25, -0.2) is 0 Å². The van der Waals surface area contributed by atoms with Crippen LogP contribution in [0.1, 0.15) is 16.8 Å². The fourth-order valence-corrected chi connectivity index (χ4v) is 1.81. The van der Waals surface area contributed by atoms with Gasteiger partial charge in [-0.2, -0.15) is 0 Å². The van der Waals surface area contributed by atoms with Crippen LogP contribution >= 0.6 is 0 Å². The summed E-state index contributed by atoms with van der Waals surface area (Å²) in [5.74, 6) is -0.398. The lowest BCUT2D eigenvalue weighted by Crippen LogP contribution is -2.14. The quantitative estimate of drug-likeness (QED) is 0.805. The maximum atomic E-state index is 10.8. The summed E-state index contributed by atoms with van der Waals surface area (Å²) in [6.07, 6.45) is 0.122. The van der Waals surface area contributed by atoms with Crippen molar-refractivity contribution in [3.63, 3.8) is 0 Å². The summed E-state index contributed by atoms with van der Waals surface area (Å²) in [6.45, 7) is 3.96. The second-order valence-corrected chi connectivity index (χ2v) is 3.73. The van der Waals surface area contributed by atoms with E-state index in [1.807, 2.05) is 26.0 Å². The molecule has 2 aromatic rings. The number of carbonyl (C=O) groups excluding carboxylic acids is 1. The van der Waals surface area contributed by atoms with Crippen molar-refractivity contribution >= 4 is 16.9 Å². The van der Waals surface area contributed by atoms with Gasteiger partial charge < -0.3 is 10.3 Å². The van der Waals surface area contributed by atoms with E-state index in [0.29, 0.717) is 11.3 Å². The third kappa shape index (κ3) is 1.70. The van der Waals surface area contributed by atoms with Gasteiger partial charge in [-0.3, -0.25) is 4.79 Å². The van der Waals surface area contributed by atoms with Crippen LogP contribution in [0.25, 0.3) is 11.0 Å². The Morgan fingerprint density at radius 1 is 1.47 bits per heavy atom. The van der Waals surface area contributed by atoms with E-state index in [1.54, 1.807) is 0 Å². The first-order valence-electron chi connectivity index (χ1n) is 4.71. The number of benzene rings is 1. The van der Waals surface area contributed by atoms with Crippen LogP contribution in [-0.4, -0.2) is 11.1 Å². The van der Waals surface area contributed by atoms with E-state index in [4.69, 9.17) is 10.3 Å². The Morgan fingerprint density at radius 2 is 2.20 bits per heavy atom. The van der Waals surface area contributed by atoms with Crippen molar-refractivity contribution in [3.05, 3.63) is 29.0 Å². The number of rotatable bonds is 2. The molecule has 0 aliphatic rings. The second-order valence-electron chi connectivity index (χ2n) is 3.73. The van der Waals surface area contributed by atoms with Crippen molar-refractivity contribution in [3.8, 4) is 0 Å². The Morgan fingerprint density at radius 3 is 2.87 bits per heavy atom. The molecule has 1 aromatic carbocycles. The molecule has 0 atom stereocenters. The molecule has 0 aliphatic heterocycles. The van der Waals surface area contributed by atoms with Crippen LogP contribution in [0.15, 0.2) is 16.7 Å². The highest BCUT2D eigenvalue weighted by Gasteiger charge is 2.12. The molecule has 4 nitrogen and oxygen atoms in total. The molecule has 4 heteroatoms. The van der Waals surface area contributed by atoms with Crippen molar-refractivity contribution < 1.29 is 9.32 Å². The van der Waals surface area contributed by atoms with Gasteiger partial charge in [0.25, 0.3) is 0 Å². The Labute approximate surface area is 87.0 Å². The SMILES string of the molecule is Cc1cc(C)c2c(CC(N)=O)noc2c1. The Kier molecular flexibility index (Phi) is 2.19. The van der Waals surface area contributed by atoms with E-state index in [2.05, 4.69) is 5.16 Å². The second kappa shape index (κ2) is 3.38. The van der Waals surface area contributed by atoms with Crippen LogP contribution in [0.4, 0.5) is 0 Å². The summed E-state index contributed by atoms with van der Waals surface area (Å²) in [5.41, 5.74) is 8.64. The van der Waals surface area contributed by atoms with Gasteiger partial charge in [-0.1, -0.05) is 11.2 Å². The molecule has 1 amide bonds. The molecule has 0 bridgehead atoms. The van der Waals surface area contributed by atoms with Gasteiger partial charge in [0.1, 0.15) is 5.69 Å². The number of nitrogens with two attached hydrogens (primary N) is 1. The lowest BCUT2D eigenvalue weighted by molar-refractivity contribution is -0.117. The number of fused-ring (bicyclic) bond motifs is 1. The number of hydrogen-bond acceptors (Lipinski definition) is 3. The van der Waals surface area contributed by atoms with Gasteiger partial charge in [-0.05, 0) is 31.0 Å². The lowest BCUT2D eigenvalue weighted by atomic mass is 10.0. The molecular weight excluding hydrogens is 192 g/mol. The summed E-state index contributed by atoms with van der Waals surface area (Å²) >= 11 is 0. The van der Waals surface area contributed by atoms with Crippen LogP contribution in [-0.2, 0) is 11.2 Å². The third-order valence-corrected chi connectivity index (χ3v) is 2.33. The number of primary amides is 1. The molecule has 2 rings (SSSR count). The van der Waals surface area contributed by atoms with Gasteiger partial charge in [-0.15, -0.1) is 0 Å². The molecule has 0 saturated heterocycles. The minimum atomic E-state index is -0.398. The molecule has 0 unspecified atom stereocenters. The number of carbonyl (C=O) groups is 1. The molecule has 0 aliphatic carbocycles. The summed E-state index contributed by atoms with van der Waals surface area (Å²) in [6, 6.07) is 3.93. The number of hydrogen-bond donors (Lipinski definition) is 1. The van der Waals surface area contributed by atoms with E-state index in [-0.39, 0.29) is 6.42 Å². The number of nitrogens with zero attached hydrogens (tertiary/aromatic N) is 1. The van der Waals surface area contributed by atoms with Crippen LogP contribution in [0.2, 0.25) is 0 Å². The first kappa shape index (κ1) is 9.71. The van der Waals surface area contributed by atoms with E-state index in [0.717, 1.165) is 16.5 Å². The molecule has 2 N–H and O–H groups in total. The first-order valence-corrected chi connectivity index (χ1v) is 4.71. The van der Waals surface area contributed by atoms with Gasteiger partial charge in [0, 0.05) is 5.39 Å². The third-order valence-electron chi connectivity index (χ3n) is 2.33. The van der Waals surface area contributed by atoms with Crippen molar-refractivity contribution in [1.82, 2.24) is 5.16 Å². The van der Waals surface area contributed by atoms with Crippen molar-refractivity contribution in [1.29, 1.82) is 0 Å². The molecule has 15 heavy (non-hydrogen) atoms. The van der Waals surface area contributed by atoms with Crippen LogP contribution in [0.5, 0.6) is 0 Å². The van der Waals surface area contributed by atoms with E-state index in [1.165, 1.54) is 0 Å². The standard InChI is InChI=1S/C11H12N2O2/c1-6-3-7(2)11-8(5-10(12)14)13-15-9(11)4-6/h3-4H,5H2,1-2H3,(H2,12,14). The zero-order chi connectivity index (χ0) is 11.0. The van der Waals surface area contributed by atoms with Crippen molar-refractivity contribution in [2.24, 2.45) is 5.73 Å². The van der Waals surface area contributed by atoms with E-state index >= 15 is 0 Å². The molecule has 1 heterocycles. The molecule has 0 fully saturated rings. The minimum Gasteiger partial charge on any atom is -0.369 e. The van der Waals surface area contributed by atoms with Crippen molar-refractivity contribution in [2.45, 2.75) is 20.3 Å². The summed E-state index contributed by atoms with van der Waals surface area (Å²) in [5, 5.41) is 4.76. The average Bonchev–Trinajstić information content (AvgIpc) is 2.46. The van der Waals surface area contributed by atoms with Crippen LogP contribution in [0, 0.1) is 13.8 Å². The Bertz CT molecular complexity index is 529. The Hall–Kier alpha value is -1.84. The molecular formula is C11H12N2O2. The average molecular weight is 204 g/mol. The zero-order valence-electron chi connectivity index (χ0n) is 8.70. The largest absolute Gasteiger partial charge is 0.369 e. The van der Waals surface area contributed by atoms with Gasteiger partial charge in [0.05, 0.1) is 6.42 Å². The Balaban J connectivity index is 2.63. The minimum absolute atomic E-state index is 0.122. The number of aromatic nitrogens is 1. The predicted molar refractivity (Wildman–Crippen MR) is 56.4 cm³/mol. The molecule has 78 valence electrons. The maximum Gasteiger partial charge on any atom is 0.223 e. The molecule has 0 saturated carbocycles. The van der Waals surface area contributed by atoms with Gasteiger partial charge in [0.15, 0.2) is 5.58 Å². The number of aryl methyl sites for hydroxylation is 2. The summed E-state index contributed by atoms with van der Waals surface area (Å²) in [7, 11) is 0. The fourth-order valence-electron chi connectivity index (χ4n) is 1.81. The smallest absolute Gasteiger partial charge is 0.223 e. The van der Waals surface area contributed by atoms with Crippen LogP contribution in [0.3, 0.4) is 0 Å². The maximum absolute atomic E-state index is 10.8. The van der Waals surface area contributed by atoms with Crippen LogP contribution < -0.4 is 5.73 Å². The topological polar surface area (TPSA) is 69.1 Å². The first-order chi connectivity index (χ1) is 7.08. The van der Waals surface area contributed by atoms with E-state index < -0.39 is 5.91 Å². The molecule has 0 radical (unpaired) electrons. The monoisotopic (exact) mass is 204 g/mol. The highest BCUT2D eigenvalue weighted by molar-refractivity contribution is 5.88. The number of amides is 1. The molecule has 1 aromatic heterocycles. The highest BCUT2D eigenvalue weighted by Crippen LogP contribution is 2.24. The zero-order valence-corrected chi connectivity index (χ0v) is 8.70. The van der Waals surface area contributed by atoms with Crippen molar-refractivity contribution in [2.75, 3.05) is 0 Å². The highest BCUT2D eigenvalue weighted by atomic mass is 16.5. The predicted octanol–water partition coefficient (Wildman–Crippen LogP) is 1.47. The van der Waals surface area contributed by atoms with Gasteiger partial charge >= 0.3 is 0 Å². The normalized spacial score (nSPS) is 10.8.